The van der Waals surface area contributed by atoms with Gasteiger partial charge in [0.1, 0.15) is 5.75 Å². The normalized spacial score (nSPS) is 10.6. The Morgan fingerprint density at radius 2 is 1.74 bits per heavy atom. The third-order valence-corrected chi connectivity index (χ3v) is 3.18. The van der Waals surface area contributed by atoms with E-state index in [4.69, 9.17) is 16.3 Å². The molecule has 0 bridgehead atoms. The average molecular weight is 276 g/mol. The number of hydrogen-bond acceptors (Lipinski definition) is 2. The molecule has 0 amide bonds. The van der Waals surface area contributed by atoms with Gasteiger partial charge in [0, 0.05) is 16.4 Å². The first kappa shape index (κ1) is 13.8. The average Bonchev–Trinajstić information content (AvgIpc) is 2.37. The fourth-order valence-electron chi connectivity index (χ4n) is 1.79. The Kier molecular flexibility index (Phi) is 4.33. The van der Waals surface area contributed by atoms with Gasteiger partial charge in [-0.3, -0.25) is 0 Å². The summed E-state index contributed by atoms with van der Waals surface area (Å²) in [6.45, 7) is 6.03. The van der Waals surface area contributed by atoms with Crippen LogP contribution in [0.2, 0.25) is 5.02 Å². The maximum absolute atomic E-state index is 6.10. The fraction of sp³-hybridized carbons (Fsp3) is 0.250. The Bertz CT molecular complexity index is 549. The minimum Gasteiger partial charge on any atom is -0.491 e. The van der Waals surface area contributed by atoms with Crippen LogP contribution < -0.4 is 10.1 Å². The van der Waals surface area contributed by atoms with Crippen LogP contribution in [0.5, 0.6) is 5.75 Å². The summed E-state index contributed by atoms with van der Waals surface area (Å²) >= 11 is 6.10. The van der Waals surface area contributed by atoms with Crippen LogP contribution in [0.3, 0.4) is 0 Å². The Hall–Kier alpha value is -1.67. The molecule has 0 aliphatic heterocycles. The highest BCUT2D eigenvalue weighted by Gasteiger charge is 2.03. The van der Waals surface area contributed by atoms with Crippen molar-refractivity contribution in [1.29, 1.82) is 0 Å². The van der Waals surface area contributed by atoms with Gasteiger partial charge in [0.05, 0.1) is 6.10 Å². The molecule has 0 aromatic heterocycles. The van der Waals surface area contributed by atoms with Gasteiger partial charge in [0.2, 0.25) is 0 Å². The predicted molar refractivity (Wildman–Crippen MR) is 81.7 cm³/mol. The summed E-state index contributed by atoms with van der Waals surface area (Å²) in [6, 6.07) is 13.8. The summed E-state index contributed by atoms with van der Waals surface area (Å²) in [5.41, 5.74) is 3.08. The highest BCUT2D eigenvalue weighted by molar-refractivity contribution is 6.31. The molecule has 0 atom stereocenters. The molecule has 0 radical (unpaired) electrons. The summed E-state index contributed by atoms with van der Waals surface area (Å²) in [7, 11) is 0. The number of anilines is 2. The topological polar surface area (TPSA) is 21.3 Å². The van der Waals surface area contributed by atoms with Crippen molar-refractivity contribution in [2.75, 3.05) is 5.32 Å². The van der Waals surface area contributed by atoms with Crippen LogP contribution in [0.15, 0.2) is 42.5 Å². The van der Waals surface area contributed by atoms with Crippen LogP contribution in [0.4, 0.5) is 11.4 Å². The third kappa shape index (κ3) is 3.65. The lowest BCUT2D eigenvalue weighted by Gasteiger charge is -2.12. The second kappa shape index (κ2) is 5.98. The highest BCUT2D eigenvalue weighted by Crippen LogP contribution is 2.27. The van der Waals surface area contributed by atoms with Crippen LogP contribution in [0.1, 0.15) is 19.4 Å². The van der Waals surface area contributed by atoms with E-state index in [0.717, 1.165) is 27.7 Å². The summed E-state index contributed by atoms with van der Waals surface area (Å²) in [6.07, 6.45) is 0.189. The summed E-state index contributed by atoms with van der Waals surface area (Å²) in [5, 5.41) is 4.12. The van der Waals surface area contributed by atoms with Gasteiger partial charge in [0.15, 0.2) is 0 Å². The number of nitrogens with one attached hydrogen (secondary N) is 1. The molecular formula is C16H18ClNO. The zero-order valence-corrected chi connectivity index (χ0v) is 12.2. The molecular weight excluding hydrogens is 258 g/mol. The van der Waals surface area contributed by atoms with Crippen molar-refractivity contribution in [2.24, 2.45) is 0 Å². The Labute approximate surface area is 119 Å². The van der Waals surface area contributed by atoms with Crippen molar-refractivity contribution in [3.05, 3.63) is 53.1 Å². The first-order valence-electron chi connectivity index (χ1n) is 6.35. The van der Waals surface area contributed by atoms with Crippen LogP contribution in [0, 0.1) is 6.92 Å². The molecule has 2 nitrogen and oxygen atoms in total. The van der Waals surface area contributed by atoms with E-state index in [-0.39, 0.29) is 6.10 Å². The van der Waals surface area contributed by atoms with E-state index in [1.807, 2.05) is 63.2 Å². The van der Waals surface area contributed by atoms with E-state index >= 15 is 0 Å². The number of benzene rings is 2. The SMILES string of the molecule is Cc1c(Cl)cccc1Nc1ccc(OC(C)C)cc1. The highest BCUT2D eigenvalue weighted by atomic mass is 35.5. The van der Waals surface area contributed by atoms with Crippen molar-refractivity contribution in [3.8, 4) is 5.75 Å². The van der Waals surface area contributed by atoms with Gasteiger partial charge in [-0.05, 0) is 62.7 Å². The zero-order valence-electron chi connectivity index (χ0n) is 11.4. The molecule has 0 aliphatic carbocycles. The number of halogens is 1. The van der Waals surface area contributed by atoms with Gasteiger partial charge in [-0.15, -0.1) is 0 Å². The van der Waals surface area contributed by atoms with Crippen molar-refractivity contribution < 1.29 is 4.74 Å². The summed E-state index contributed by atoms with van der Waals surface area (Å²) in [4.78, 5) is 0. The number of ether oxygens (including phenoxy) is 1. The van der Waals surface area contributed by atoms with Gasteiger partial charge in [-0.25, -0.2) is 0 Å². The van der Waals surface area contributed by atoms with Gasteiger partial charge in [-0.1, -0.05) is 17.7 Å². The quantitative estimate of drug-likeness (QED) is 0.830. The fourth-order valence-corrected chi connectivity index (χ4v) is 1.96. The van der Waals surface area contributed by atoms with Crippen molar-refractivity contribution in [2.45, 2.75) is 26.9 Å². The molecule has 0 saturated heterocycles. The monoisotopic (exact) mass is 275 g/mol. The van der Waals surface area contributed by atoms with E-state index in [1.165, 1.54) is 0 Å². The molecule has 19 heavy (non-hydrogen) atoms. The van der Waals surface area contributed by atoms with Crippen LogP contribution >= 0.6 is 11.6 Å². The molecule has 2 aromatic rings. The second-order valence-corrected chi connectivity index (χ2v) is 5.14. The molecule has 0 spiro atoms. The minimum atomic E-state index is 0.189. The number of rotatable bonds is 4. The van der Waals surface area contributed by atoms with E-state index in [1.54, 1.807) is 0 Å². The van der Waals surface area contributed by atoms with E-state index in [2.05, 4.69) is 5.32 Å². The lowest BCUT2D eigenvalue weighted by molar-refractivity contribution is 0.242. The largest absolute Gasteiger partial charge is 0.491 e. The van der Waals surface area contributed by atoms with Crippen LogP contribution in [0.25, 0.3) is 0 Å². The smallest absolute Gasteiger partial charge is 0.119 e. The van der Waals surface area contributed by atoms with E-state index in [0.29, 0.717) is 0 Å². The maximum Gasteiger partial charge on any atom is 0.119 e. The molecule has 0 saturated carbocycles. The molecule has 0 heterocycles. The standard InChI is InChI=1S/C16H18ClNO/c1-11(2)19-14-9-7-13(8-10-14)18-16-6-4-5-15(17)12(16)3/h4-11,18H,1-3H3. The summed E-state index contributed by atoms with van der Waals surface area (Å²) in [5.74, 6) is 0.878. The van der Waals surface area contributed by atoms with Crippen LogP contribution in [-0.2, 0) is 0 Å². The molecule has 0 unspecified atom stereocenters. The Balaban J connectivity index is 2.13. The molecule has 2 aromatic carbocycles. The minimum absolute atomic E-state index is 0.189. The maximum atomic E-state index is 6.10. The van der Waals surface area contributed by atoms with Crippen molar-refractivity contribution in [1.82, 2.24) is 0 Å². The molecule has 3 heteroatoms. The summed E-state index contributed by atoms with van der Waals surface area (Å²) < 4.78 is 5.61. The van der Waals surface area contributed by atoms with Gasteiger partial charge < -0.3 is 10.1 Å². The second-order valence-electron chi connectivity index (χ2n) is 4.73. The van der Waals surface area contributed by atoms with Crippen LogP contribution in [-0.4, -0.2) is 6.10 Å². The van der Waals surface area contributed by atoms with Crippen molar-refractivity contribution in [3.63, 3.8) is 0 Å². The molecule has 0 fully saturated rings. The lowest BCUT2D eigenvalue weighted by Crippen LogP contribution is -2.05. The molecule has 0 aliphatic rings. The molecule has 2 rings (SSSR count). The van der Waals surface area contributed by atoms with Gasteiger partial charge in [-0.2, -0.15) is 0 Å². The van der Waals surface area contributed by atoms with E-state index in [9.17, 15) is 0 Å². The van der Waals surface area contributed by atoms with Gasteiger partial charge in [0.25, 0.3) is 0 Å². The first-order chi connectivity index (χ1) is 9.06. The first-order valence-corrected chi connectivity index (χ1v) is 6.73. The predicted octanol–water partition coefficient (Wildman–Crippen LogP) is 5.18. The lowest BCUT2D eigenvalue weighted by atomic mass is 10.2. The molecule has 1 N–H and O–H groups in total. The molecule has 100 valence electrons. The Morgan fingerprint density at radius 3 is 2.37 bits per heavy atom. The Morgan fingerprint density at radius 1 is 1.05 bits per heavy atom. The number of hydrogen-bond donors (Lipinski definition) is 1. The van der Waals surface area contributed by atoms with E-state index < -0.39 is 0 Å². The third-order valence-electron chi connectivity index (χ3n) is 2.77. The van der Waals surface area contributed by atoms with Gasteiger partial charge >= 0.3 is 0 Å². The van der Waals surface area contributed by atoms with Crippen molar-refractivity contribution >= 4 is 23.0 Å². The zero-order chi connectivity index (χ0) is 13.8.